The molecule has 0 aliphatic carbocycles. The number of nitrogens with zero attached hydrogens (tertiary/aromatic N) is 1. The van der Waals surface area contributed by atoms with Crippen LogP contribution in [0.15, 0.2) is 16.7 Å². The number of rotatable bonds is 3. The van der Waals surface area contributed by atoms with E-state index in [-0.39, 0.29) is 29.3 Å². The molecule has 0 saturated carbocycles. The molecule has 1 aliphatic rings. The lowest BCUT2D eigenvalue weighted by molar-refractivity contribution is 0.0642. The zero-order chi connectivity index (χ0) is 13.3. The first kappa shape index (κ1) is 12.7. The summed E-state index contributed by atoms with van der Waals surface area (Å²) in [6.45, 7) is 4.06. The number of carbonyl (C=O) groups is 2. The predicted molar refractivity (Wildman–Crippen MR) is 64.6 cm³/mol. The lowest BCUT2D eigenvalue weighted by Crippen LogP contribution is -2.39. The summed E-state index contributed by atoms with van der Waals surface area (Å²) in [5.41, 5.74) is 0.0123. The number of furan rings is 1. The fourth-order valence-corrected chi connectivity index (χ4v) is 2.53. The Labute approximate surface area is 105 Å². The lowest BCUT2D eigenvalue weighted by atomic mass is 10.1. The molecule has 18 heavy (non-hydrogen) atoms. The van der Waals surface area contributed by atoms with E-state index in [1.807, 2.05) is 18.7 Å². The summed E-state index contributed by atoms with van der Waals surface area (Å²) in [5, 5.41) is 8.81. The van der Waals surface area contributed by atoms with Gasteiger partial charge in [-0.1, -0.05) is 6.92 Å². The molecule has 0 bridgehead atoms. The second-order valence-corrected chi connectivity index (χ2v) is 4.71. The van der Waals surface area contributed by atoms with Crippen molar-refractivity contribution in [1.29, 1.82) is 0 Å². The summed E-state index contributed by atoms with van der Waals surface area (Å²) in [5.74, 6) is -1.18. The Morgan fingerprint density at radius 3 is 2.78 bits per heavy atom. The van der Waals surface area contributed by atoms with Crippen LogP contribution < -0.4 is 0 Å². The first-order valence-electron chi connectivity index (χ1n) is 6.19. The van der Waals surface area contributed by atoms with Gasteiger partial charge in [-0.2, -0.15) is 0 Å². The Hall–Kier alpha value is -1.78. The van der Waals surface area contributed by atoms with Crippen molar-refractivity contribution in [3.05, 3.63) is 23.7 Å². The molecule has 0 radical (unpaired) electrons. The molecule has 1 amide bonds. The molecule has 2 atom stereocenters. The number of carbonyl (C=O) groups excluding carboxylic acids is 1. The van der Waals surface area contributed by atoms with Gasteiger partial charge in [0, 0.05) is 18.2 Å². The topological polar surface area (TPSA) is 70.8 Å². The van der Waals surface area contributed by atoms with Gasteiger partial charge >= 0.3 is 5.97 Å². The van der Waals surface area contributed by atoms with E-state index in [0.717, 1.165) is 25.5 Å². The van der Waals surface area contributed by atoms with Crippen LogP contribution in [0.25, 0.3) is 0 Å². The number of carboxylic acids is 1. The van der Waals surface area contributed by atoms with Crippen LogP contribution in [-0.4, -0.2) is 34.0 Å². The van der Waals surface area contributed by atoms with Crippen molar-refractivity contribution in [2.45, 2.75) is 45.2 Å². The van der Waals surface area contributed by atoms with Gasteiger partial charge in [0.1, 0.15) is 6.26 Å². The van der Waals surface area contributed by atoms with Crippen LogP contribution in [0.1, 0.15) is 54.0 Å². The van der Waals surface area contributed by atoms with E-state index in [4.69, 9.17) is 9.52 Å². The van der Waals surface area contributed by atoms with Gasteiger partial charge in [-0.25, -0.2) is 4.79 Å². The van der Waals surface area contributed by atoms with E-state index in [2.05, 4.69) is 0 Å². The Morgan fingerprint density at radius 1 is 1.50 bits per heavy atom. The Bertz CT molecular complexity index is 465. The van der Waals surface area contributed by atoms with Gasteiger partial charge in [-0.05, 0) is 26.2 Å². The molecule has 5 heteroatoms. The van der Waals surface area contributed by atoms with Gasteiger partial charge in [-0.3, -0.25) is 4.79 Å². The third kappa shape index (κ3) is 2.12. The smallest absolute Gasteiger partial charge is 0.338 e. The molecular formula is C13H17NO4. The molecule has 0 aromatic carbocycles. The minimum absolute atomic E-state index is 0.0123. The van der Waals surface area contributed by atoms with E-state index in [0.29, 0.717) is 0 Å². The number of carboxylic acid groups (broad SMARTS) is 1. The number of hydrogen-bond donors (Lipinski definition) is 1. The third-order valence-electron chi connectivity index (χ3n) is 3.55. The van der Waals surface area contributed by atoms with Crippen molar-refractivity contribution in [2.75, 3.05) is 0 Å². The lowest BCUT2D eigenvalue weighted by Gasteiger charge is -2.26. The fraction of sp³-hybridized carbons (Fsp3) is 0.538. The average Bonchev–Trinajstić information content (AvgIpc) is 2.94. The number of aromatic carboxylic acids is 1. The molecule has 5 nitrogen and oxygen atoms in total. The highest BCUT2D eigenvalue weighted by Gasteiger charge is 2.35. The Kier molecular flexibility index (Phi) is 3.41. The van der Waals surface area contributed by atoms with E-state index in [9.17, 15) is 9.59 Å². The minimum atomic E-state index is -1.08. The summed E-state index contributed by atoms with van der Waals surface area (Å²) in [4.78, 5) is 24.9. The highest BCUT2D eigenvalue weighted by Crippen LogP contribution is 2.28. The van der Waals surface area contributed by atoms with E-state index in [1.165, 1.54) is 6.07 Å². The molecular weight excluding hydrogens is 234 g/mol. The highest BCUT2D eigenvalue weighted by atomic mass is 16.4. The summed E-state index contributed by atoms with van der Waals surface area (Å²) in [7, 11) is 0. The third-order valence-corrected chi connectivity index (χ3v) is 3.55. The van der Waals surface area contributed by atoms with Crippen LogP contribution in [0, 0.1) is 0 Å². The molecule has 2 unspecified atom stereocenters. The molecule has 98 valence electrons. The molecule has 1 N–H and O–H groups in total. The van der Waals surface area contributed by atoms with Crippen molar-refractivity contribution < 1.29 is 19.1 Å². The quantitative estimate of drug-likeness (QED) is 0.895. The summed E-state index contributed by atoms with van der Waals surface area (Å²) in [6.07, 6.45) is 3.99. The maximum absolute atomic E-state index is 12.3. The second kappa shape index (κ2) is 4.84. The van der Waals surface area contributed by atoms with Crippen molar-refractivity contribution in [2.24, 2.45) is 0 Å². The summed E-state index contributed by atoms with van der Waals surface area (Å²) in [6, 6.07) is 1.70. The standard InChI is InChI=1S/C13H17NO4/c1-3-10-5-4-8(2)14(10)12(15)11-6-9(7-18-11)13(16)17/h6-8,10H,3-5H2,1-2H3,(H,16,17). The maximum atomic E-state index is 12.3. The Balaban J connectivity index is 2.21. The fourth-order valence-electron chi connectivity index (χ4n) is 2.53. The molecule has 2 rings (SSSR count). The van der Waals surface area contributed by atoms with E-state index in [1.54, 1.807) is 0 Å². The van der Waals surface area contributed by atoms with Gasteiger partial charge in [0.25, 0.3) is 5.91 Å². The minimum Gasteiger partial charge on any atom is -0.478 e. The first-order valence-corrected chi connectivity index (χ1v) is 6.19. The van der Waals surface area contributed by atoms with Crippen LogP contribution >= 0.6 is 0 Å². The van der Waals surface area contributed by atoms with Crippen molar-refractivity contribution in [3.63, 3.8) is 0 Å². The van der Waals surface area contributed by atoms with Crippen LogP contribution in [0.5, 0.6) is 0 Å². The van der Waals surface area contributed by atoms with Gasteiger partial charge in [-0.15, -0.1) is 0 Å². The van der Waals surface area contributed by atoms with Crippen LogP contribution in [0.4, 0.5) is 0 Å². The number of hydrogen-bond acceptors (Lipinski definition) is 3. The SMILES string of the molecule is CCC1CCC(C)N1C(=O)c1cc(C(=O)O)co1. The van der Waals surface area contributed by atoms with Gasteiger partial charge in [0.2, 0.25) is 0 Å². The average molecular weight is 251 g/mol. The molecule has 1 saturated heterocycles. The zero-order valence-electron chi connectivity index (χ0n) is 10.5. The van der Waals surface area contributed by atoms with E-state index >= 15 is 0 Å². The number of likely N-dealkylation sites (tertiary alicyclic amines) is 1. The highest BCUT2D eigenvalue weighted by molar-refractivity contribution is 5.95. The van der Waals surface area contributed by atoms with Crippen molar-refractivity contribution in [3.8, 4) is 0 Å². The molecule has 2 heterocycles. The molecule has 1 aliphatic heterocycles. The first-order chi connectivity index (χ1) is 8.54. The predicted octanol–water partition coefficient (Wildman–Crippen LogP) is 2.38. The Morgan fingerprint density at radius 2 is 2.22 bits per heavy atom. The monoisotopic (exact) mass is 251 g/mol. The maximum Gasteiger partial charge on any atom is 0.338 e. The summed E-state index contributed by atoms with van der Waals surface area (Å²) < 4.78 is 5.07. The van der Waals surface area contributed by atoms with E-state index < -0.39 is 5.97 Å². The largest absolute Gasteiger partial charge is 0.478 e. The van der Waals surface area contributed by atoms with Gasteiger partial charge in [0.05, 0.1) is 5.56 Å². The molecule has 1 aromatic rings. The second-order valence-electron chi connectivity index (χ2n) is 4.71. The van der Waals surface area contributed by atoms with Crippen LogP contribution in [0.2, 0.25) is 0 Å². The summed E-state index contributed by atoms with van der Waals surface area (Å²) >= 11 is 0. The van der Waals surface area contributed by atoms with Crippen molar-refractivity contribution >= 4 is 11.9 Å². The molecule has 1 aromatic heterocycles. The van der Waals surface area contributed by atoms with Crippen molar-refractivity contribution in [1.82, 2.24) is 4.90 Å². The van der Waals surface area contributed by atoms with Gasteiger partial charge < -0.3 is 14.4 Å². The normalized spacial score (nSPS) is 23.3. The molecule has 0 spiro atoms. The number of amides is 1. The zero-order valence-corrected chi connectivity index (χ0v) is 10.5. The van der Waals surface area contributed by atoms with Crippen LogP contribution in [0.3, 0.4) is 0 Å². The molecule has 1 fully saturated rings. The van der Waals surface area contributed by atoms with Gasteiger partial charge in [0.15, 0.2) is 5.76 Å². The van der Waals surface area contributed by atoms with Crippen LogP contribution in [-0.2, 0) is 0 Å².